The molecule has 1 N–H and O–H groups in total. The third-order valence-corrected chi connectivity index (χ3v) is 11.1. The maximum absolute atomic E-state index is 5.34. The number of benzene rings is 6. The van der Waals surface area contributed by atoms with Gasteiger partial charge in [0.15, 0.2) is 17.5 Å². The van der Waals surface area contributed by atoms with E-state index in [1.165, 1.54) is 5.56 Å². The minimum Gasteiger partial charge on any atom is -0.378 e. The number of hydrogen-bond acceptors (Lipinski definition) is 6. The predicted octanol–water partition coefficient (Wildman–Crippen LogP) is 13.4. The number of allylic oxidation sites excluding steroid dienone is 3. The van der Waals surface area contributed by atoms with Crippen LogP contribution >= 0.6 is 0 Å². The Morgan fingerprint density at radius 3 is 1.52 bits per heavy atom. The largest absolute Gasteiger partial charge is 0.378 e. The lowest BCUT2D eigenvalue weighted by atomic mass is 9.89. The Hall–Kier alpha value is -8.09. The summed E-state index contributed by atoms with van der Waals surface area (Å²) < 4.78 is 0. The van der Waals surface area contributed by atoms with Crippen molar-refractivity contribution < 1.29 is 0 Å². The molecule has 1 aliphatic rings. The van der Waals surface area contributed by atoms with Crippen LogP contribution in [0.3, 0.4) is 0 Å². The van der Waals surface area contributed by atoms with Gasteiger partial charge in [0.1, 0.15) is 0 Å². The molecule has 0 saturated heterocycles. The van der Waals surface area contributed by atoms with Crippen LogP contribution < -0.4 is 5.32 Å². The standard InChI is InChI=1S/C56H42N6/c1-37-16-12-28-50(57-37)45-30-31-48(51-29-13-17-38(2)58-51)49(34-45)47-35-52(39-18-6-3-7-19-39)59-53(36-47)44-26-14-24-42(32-44)43-25-15-27-46(33-43)56-61-54(40-20-8-4-9-21-40)60-55(62-56)41-22-10-5-11-23-41/h3-36,51,58H,1-2H3. The molecular weight excluding hydrogens is 757 g/mol. The molecule has 4 heterocycles. The van der Waals surface area contributed by atoms with Crippen molar-refractivity contribution in [2.24, 2.45) is 0 Å². The molecule has 6 aromatic carbocycles. The van der Waals surface area contributed by atoms with Crippen LogP contribution in [0.1, 0.15) is 24.2 Å². The fourth-order valence-electron chi connectivity index (χ4n) is 8.00. The van der Waals surface area contributed by atoms with Crippen molar-refractivity contribution in [3.05, 3.63) is 223 Å². The molecule has 0 aliphatic carbocycles. The van der Waals surface area contributed by atoms with E-state index in [0.29, 0.717) is 17.5 Å². The number of nitrogens with zero attached hydrogens (tertiary/aromatic N) is 5. The van der Waals surface area contributed by atoms with Gasteiger partial charge in [0.25, 0.3) is 0 Å². The molecule has 10 rings (SSSR count). The summed E-state index contributed by atoms with van der Waals surface area (Å²) in [5.41, 5.74) is 16.2. The van der Waals surface area contributed by atoms with Gasteiger partial charge < -0.3 is 5.32 Å². The zero-order chi connectivity index (χ0) is 41.8. The van der Waals surface area contributed by atoms with E-state index in [-0.39, 0.29) is 6.04 Å². The molecule has 0 saturated carbocycles. The lowest BCUT2D eigenvalue weighted by Crippen LogP contribution is -2.20. The molecule has 9 aromatic rings. The molecule has 62 heavy (non-hydrogen) atoms. The second-order valence-electron chi connectivity index (χ2n) is 15.5. The number of aromatic nitrogens is 5. The summed E-state index contributed by atoms with van der Waals surface area (Å²) in [6.07, 6.45) is 6.46. The minimum absolute atomic E-state index is 0.00108. The lowest BCUT2D eigenvalue weighted by molar-refractivity contribution is 0.706. The molecule has 0 bridgehead atoms. The summed E-state index contributed by atoms with van der Waals surface area (Å²) in [6.45, 7) is 4.14. The van der Waals surface area contributed by atoms with Crippen molar-refractivity contribution in [1.29, 1.82) is 0 Å². The Bertz CT molecular complexity index is 3060. The minimum atomic E-state index is -0.00108. The van der Waals surface area contributed by atoms with E-state index in [0.717, 1.165) is 84.1 Å². The molecule has 0 spiro atoms. The van der Waals surface area contributed by atoms with E-state index in [2.05, 4.69) is 146 Å². The maximum atomic E-state index is 5.34. The number of pyridine rings is 2. The Morgan fingerprint density at radius 1 is 0.371 bits per heavy atom. The van der Waals surface area contributed by atoms with Gasteiger partial charge in [-0.25, -0.2) is 19.9 Å². The summed E-state index contributed by atoms with van der Waals surface area (Å²) in [6, 6.07) is 65.0. The van der Waals surface area contributed by atoms with E-state index in [1.807, 2.05) is 79.7 Å². The van der Waals surface area contributed by atoms with Crippen LogP contribution in [0.15, 0.2) is 212 Å². The Morgan fingerprint density at radius 2 is 0.887 bits per heavy atom. The van der Waals surface area contributed by atoms with Crippen molar-refractivity contribution in [2.75, 3.05) is 0 Å². The van der Waals surface area contributed by atoms with Crippen LogP contribution in [0, 0.1) is 6.92 Å². The summed E-state index contributed by atoms with van der Waals surface area (Å²) in [4.78, 5) is 25.2. The molecule has 1 atom stereocenters. The summed E-state index contributed by atoms with van der Waals surface area (Å²) in [7, 11) is 0. The fourth-order valence-corrected chi connectivity index (χ4v) is 8.00. The second-order valence-corrected chi connectivity index (χ2v) is 15.5. The molecule has 3 aromatic heterocycles. The first-order chi connectivity index (χ1) is 30.5. The number of aryl methyl sites for hydroxylation is 1. The van der Waals surface area contributed by atoms with Gasteiger partial charge >= 0.3 is 0 Å². The van der Waals surface area contributed by atoms with E-state index < -0.39 is 0 Å². The zero-order valence-corrected chi connectivity index (χ0v) is 34.4. The highest BCUT2D eigenvalue weighted by Gasteiger charge is 2.20. The Labute approximate surface area is 362 Å². The summed E-state index contributed by atoms with van der Waals surface area (Å²) in [5.74, 6) is 1.88. The van der Waals surface area contributed by atoms with E-state index in [1.54, 1.807) is 0 Å². The molecule has 0 fully saturated rings. The van der Waals surface area contributed by atoms with Crippen LogP contribution in [0.2, 0.25) is 0 Å². The van der Waals surface area contributed by atoms with Crippen molar-refractivity contribution in [1.82, 2.24) is 30.2 Å². The number of hydrogen-bond donors (Lipinski definition) is 1. The number of dihydropyridines is 1. The van der Waals surface area contributed by atoms with Crippen LogP contribution in [0.25, 0.3) is 90.2 Å². The molecule has 6 heteroatoms. The first-order valence-corrected chi connectivity index (χ1v) is 20.9. The molecule has 1 unspecified atom stereocenters. The van der Waals surface area contributed by atoms with Crippen molar-refractivity contribution in [3.8, 4) is 90.2 Å². The maximum Gasteiger partial charge on any atom is 0.164 e. The first-order valence-electron chi connectivity index (χ1n) is 20.9. The predicted molar refractivity (Wildman–Crippen MR) is 252 cm³/mol. The van der Waals surface area contributed by atoms with E-state index in [4.69, 9.17) is 24.9 Å². The van der Waals surface area contributed by atoms with Crippen LogP contribution in [-0.4, -0.2) is 24.9 Å². The van der Waals surface area contributed by atoms with Crippen molar-refractivity contribution in [3.63, 3.8) is 0 Å². The third-order valence-electron chi connectivity index (χ3n) is 11.1. The highest BCUT2D eigenvalue weighted by molar-refractivity contribution is 5.83. The average Bonchev–Trinajstić information content (AvgIpc) is 3.34. The van der Waals surface area contributed by atoms with Crippen LogP contribution in [0.5, 0.6) is 0 Å². The molecular formula is C56H42N6. The Kier molecular flexibility index (Phi) is 10.4. The monoisotopic (exact) mass is 798 g/mol. The molecule has 1 aliphatic heterocycles. The van der Waals surface area contributed by atoms with Crippen LogP contribution in [-0.2, 0) is 0 Å². The Balaban J connectivity index is 1.09. The summed E-state index contributed by atoms with van der Waals surface area (Å²) in [5, 5.41) is 3.70. The van der Waals surface area contributed by atoms with Crippen molar-refractivity contribution in [2.45, 2.75) is 19.9 Å². The van der Waals surface area contributed by atoms with Crippen molar-refractivity contribution >= 4 is 0 Å². The highest BCUT2D eigenvalue weighted by atomic mass is 15.0. The quantitative estimate of drug-likeness (QED) is 0.157. The van der Waals surface area contributed by atoms with E-state index >= 15 is 0 Å². The van der Waals surface area contributed by atoms with Gasteiger partial charge in [-0.05, 0) is 90.2 Å². The lowest BCUT2D eigenvalue weighted by Gasteiger charge is -2.24. The number of nitrogens with one attached hydrogen (secondary N) is 1. The van der Waals surface area contributed by atoms with Gasteiger partial charge in [-0.2, -0.15) is 0 Å². The second kappa shape index (κ2) is 16.9. The smallest absolute Gasteiger partial charge is 0.164 e. The first kappa shape index (κ1) is 38.1. The molecule has 6 nitrogen and oxygen atoms in total. The molecule has 0 amide bonds. The van der Waals surface area contributed by atoms with Gasteiger partial charge in [-0.3, -0.25) is 4.98 Å². The summed E-state index contributed by atoms with van der Waals surface area (Å²) >= 11 is 0. The van der Waals surface area contributed by atoms with Gasteiger partial charge in [-0.15, -0.1) is 0 Å². The highest BCUT2D eigenvalue weighted by Crippen LogP contribution is 2.38. The van der Waals surface area contributed by atoms with Gasteiger partial charge in [0, 0.05) is 44.8 Å². The molecule has 0 radical (unpaired) electrons. The van der Waals surface area contributed by atoms with Gasteiger partial charge in [0.05, 0.1) is 23.1 Å². The molecule has 296 valence electrons. The van der Waals surface area contributed by atoms with E-state index in [9.17, 15) is 0 Å². The fraction of sp³-hybridized carbons (Fsp3) is 0.0536. The topological polar surface area (TPSA) is 76.5 Å². The van der Waals surface area contributed by atoms with Gasteiger partial charge in [-0.1, -0.05) is 158 Å². The average molecular weight is 799 g/mol. The normalized spacial score (nSPS) is 13.3. The third kappa shape index (κ3) is 8.10. The number of rotatable bonds is 9. The zero-order valence-electron chi connectivity index (χ0n) is 34.4. The van der Waals surface area contributed by atoms with Gasteiger partial charge in [0.2, 0.25) is 0 Å². The SMILES string of the molecule is CC1=CC=CC(c2ccc(-c3cccc(C)n3)cc2-c2cc(-c3ccccc3)nc(-c3cccc(-c4cccc(-c5nc(-c6ccccc6)nc(-c6ccccc6)n5)c4)c3)c2)N1. The van der Waals surface area contributed by atoms with Crippen LogP contribution in [0.4, 0.5) is 0 Å².